The average molecular weight is 817 g/mol. The number of hydrogen-bond acceptors (Lipinski definition) is 8. The minimum Gasteiger partial charge on any atom is -0.508 e. The maximum Gasteiger partial charge on any atom is 0.126 e. The smallest absolute Gasteiger partial charge is 0.126 e. The van der Waals surface area contributed by atoms with Crippen molar-refractivity contribution < 1.29 is 39.4 Å². The van der Waals surface area contributed by atoms with Gasteiger partial charge in [0.1, 0.15) is 36.2 Å². The van der Waals surface area contributed by atoms with Crippen LogP contribution >= 0.6 is 0 Å². The summed E-state index contributed by atoms with van der Waals surface area (Å²) in [6.45, 7) is 20.5. The molecule has 0 amide bonds. The van der Waals surface area contributed by atoms with Gasteiger partial charge >= 0.3 is 0 Å². The van der Waals surface area contributed by atoms with E-state index in [0.29, 0.717) is 63.0 Å². The van der Waals surface area contributed by atoms with Crippen LogP contribution in [0.4, 0.5) is 0 Å². The number of phenols is 2. The lowest BCUT2D eigenvalue weighted by Crippen LogP contribution is -2.10. The number of rotatable bonds is 34. The summed E-state index contributed by atoms with van der Waals surface area (Å²) in [7, 11) is 0. The summed E-state index contributed by atoms with van der Waals surface area (Å²) >= 11 is 0. The minimum absolute atomic E-state index is 0.0215. The second kappa shape index (κ2) is 34.2. The third-order valence-corrected chi connectivity index (χ3v) is 10.8. The van der Waals surface area contributed by atoms with E-state index in [9.17, 15) is 10.2 Å². The second-order valence-electron chi connectivity index (χ2n) is 17.4. The van der Waals surface area contributed by atoms with Crippen molar-refractivity contribution in [2.75, 3.05) is 52.9 Å². The molecule has 0 aliphatic carbocycles. The molecule has 0 bridgehead atoms. The Hall–Kier alpha value is -2.52. The van der Waals surface area contributed by atoms with Crippen molar-refractivity contribution in [2.45, 2.75) is 171 Å². The van der Waals surface area contributed by atoms with Gasteiger partial charge in [-0.05, 0) is 110 Å². The van der Waals surface area contributed by atoms with Gasteiger partial charge in [0.15, 0.2) is 0 Å². The van der Waals surface area contributed by atoms with Crippen LogP contribution in [0.15, 0.2) is 24.3 Å². The molecule has 336 valence electrons. The molecule has 8 heteroatoms. The first-order valence-electron chi connectivity index (χ1n) is 23.3. The van der Waals surface area contributed by atoms with E-state index in [2.05, 4.69) is 67.5 Å². The highest BCUT2D eigenvalue weighted by atomic mass is 16.5. The molecule has 2 aromatic carbocycles. The maximum absolute atomic E-state index is 10.7. The van der Waals surface area contributed by atoms with E-state index in [1.807, 2.05) is 12.1 Å². The molecule has 0 aliphatic rings. The number of aromatic hydroxyl groups is 2. The SMILES string of the molecule is CCCCCc1cc(O)c(CC[C@@H](C)CCCC(C)C)c(OCCOCCO)c1.CCCCCc1cc(O)c(CC[C@H](C)CCCC(C)C)c(OCCOCCO)c1. The number of unbranched alkanes of at least 4 members (excludes halogenated alkanes) is 4. The molecule has 0 saturated carbocycles. The molecule has 2 atom stereocenters. The summed E-state index contributed by atoms with van der Waals surface area (Å²) in [5.41, 5.74) is 4.11. The topological polar surface area (TPSA) is 118 Å². The van der Waals surface area contributed by atoms with Gasteiger partial charge in [-0.2, -0.15) is 0 Å². The maximum atomic E-state index is 10.7. The molecule has 2 rings (SSSR count). The Morgan fingerprint density at radius 1 is 0.448 bits per heavy atom. The molecule has 2 aromatic rings. The van der Waals surface area contributed by atoms with Gasteiger partial charge in [-0.1, -0.05) is 120 Å². The Morgan fingerprint density at radius 2 is 0.845 bits per heavy atom. The first kappa shape index (κ1) is 53.5. The Balaban J connectivity index is 0.000000580. The Morgan fingerprint density at radius 3 is 1.19 bits per heavy atom. The van der Waals surface area contributed by atoms with Crippen molar-refractivity contribution in [1.29, 1.82) is 0 Å². The molecule has 8 nitrogen and oxygen atoms in total. The second-order valence-corrected chi connectivity index (χ2v) is 17.4. The quantitative estimate of drug-likeness (QED) is 0.0516. The summed E-state index contributed by atoms with van der Waals surface area (Å²) in [6, 6.07) is 8.04. The predicted molar refractivity (Wildman–Crippen MR) is 242 cm³/mol. The highest BCUT2D eigenvalue weighted by Crippen LogP contribution is 2.35. The summed E-state index contributed by atoms with van der Waals surface area (Å²) in [4.78, 5) is 0. The number of aliphatic hydroxyl groups excluding tert-OH is 2. The van der Waals surface area contributed by atoms with Crippen LogP contribution in [0, 0.1) is 23.7 Å². The van der Waals surface area contributed by atoms with E-state index in [1.54, 1.807) is 0 Å². The number of aliphatic hydroxyl groups is 2. The highest BCUT2D eigenvalue weighted by molar-refractivity contribution is 5.48. The van der Waals surface area contributed by atoms with Gasteiger partial charge in [-0.3, -0.25) is 0 Å². The highest BCUT2D eigenvalue weighted by Gasteiger charge is 2.16. The van der Waals surface area contributed by atoms with Crippen molar-refractivity contribution in [2.24, 2.45) is 23.7 Å². The molecule has 0 saturated heterocycles. The fraction of sp³-hybridized carbons (Fsp3) is 0.760. The zero-order chi connectivity index (χ0) is 43.0. The lowest BCUT2D eigenvalue weighted by atomic mass is 9.93. The zero-order valence-electron chi connectivity index (χ0n) is 38.4. The van der Waals surface area contributed by atoms with Gasteiger partial charge in [0, 0.05) is 11.1 Å². The molecular weight excluding hydrogens is 729 g/mol. The van der Waals surface area contributed by atoms with Gasteiger partial charge < -0.3 is 39.4 Å². The van der Waals surface area contributed by atoms with E-state index in [4.69, 9.17) is 29.2 Å². The summed E-state index contributed by atoms with van der Waals surface area (Å²) in [6.07, 6.45) is 20.3. The predicted octanol–water partition coefficient (Wildman–Crippen LogP) is 11.8. The fourth-order valence-electron chi connectivity index (χ4n) is 7.15. The number of phenolic OH excluding ortho intramolecular Hbond substituents is 2. The van der Waals surface area contributed by atoms with Crippen LogP contribution in [0.1, 0.15) is 168 Å². The molecule has 0 radical (unpaired) electrons. The molecule has 58 heavy (non-hydrogen) atoms. The van der Waals surface area contributed by atoms with Crippen LogP contribution in [0.2, 0.25) is 0 Å². The number of aryl methyl sites for hydroxylation is 2. The molecule has 0 spiro atoms. The van der Waals surface area contributed by atoms with E-state index in [-0.39, 0.29) is 13.2 Å². The lowest BCUT2D eigenvalue weighted by Gasteiger charge is -2.17. The van der Waals surface area contributed by atoms with Crippen LogP contribution in [0.25, 0.3) is 0 Å². The van der Waals surface area contributed by atoms with Gasteiger partial charge in [0.25, 0.3) is 0 Å². The summed E-state index contributed by atoms with van der Waals surface area (Å²) in [5, 5.41) is 39.0. The third kappa shape index (κ3) is 25.9. The molecule has 0 aromatic heterocycles. The van der Waals surface area contributed by atoms with Crippen LogP contribution in [0.3, 0.4) is 0 Å². The number of hydrogen-bond donors (Lipinski definition) is 4. The van der Waals surface area contributed by atoms with Crippen LogP contribution in [0.5, 0.6) is 23.0 Å². The lowest BCUT2D eigenvalue weighted by molar-refractivity contribution is 0.0702. The van der Waals surface area contributed by atoms with Gasteiger partial charge in [-0.25, -0.2) is 0 Å². The van der Waals surface area contributed by atoms with E-state index in [0.717, 1.165) is 97.0 Å². The van der Waals surface area contributed by atoms with Gasteiger partial charge in [0.05, 0.1) is 39.6 Å². The molecule has 0 aliphatic heterocycles. The van der Waals surface area contributed by atoms with Crippen molar-refractivity contribution in [3.8, 4) is 23.0 Å². The molecule has 0 heterocycles. The number of benzene rings is 2. The van der Waals surface area contributed by atoms with Crippen LogP contribution < -0.4 is 9.47 Å². The Kier molecular flexibility index (Phi) is 31.6. The zero-order valence-corrected chi connectivity index (χ0v) is 38.4. The minimum atomic E-state index is 0.0215. The van der Waals surface area contributed by atoms with Crippen LogP contribution in [-0.4, -0.2) is 73.3 Å². The average Bonchev–Trinajstić information content (AvgIpc) is 3.17. The van der Waals surface area contributed by atoms with Crippen molar-refractivity contribution in [3.63, 3.8) is 0 Å². The molecular formula is C50H88O8. The number of ether oxygens (including phenoxy) is 4. The third-order valence-electron chi connectivity index (χ3n) is 10.8. The van der Waals surface area contributed by atoms with E-state index < -0.39 is 0 Å². The Labute approximate surface area is 355 Å². The molecule has 0 unspecified atom stereocenters. The first-order chi connectivity index (χ1) is 27.9. The normalized spacial score (nSPS) is 12.5. The van der Waals surface area contributed by atoms with Crippen molar-refractivity contribution in [1.82, 2.24) is 0 Å². The van der Waals surface area contributed by atoms with E-state index >= 15 is 0 Å². The summed E-state index contributed by atoms with van der Waals surface area (Å²) in [5.74, 6) is 5.10. The van der Waals surface area contributed by atoms with Crippen molar-refractivity contribution in [3.05, 3.63) is 46.5 Å². The Bertz CT molecular complexity index is 1180. The summed E-state index contributed by atoms with van der Waals surface area (Å²) < 4.78 is 22.6. The molecule has 4 N–H and O–H groups in total. The van der Waals surface area contributed by atoms with Crippen molar-refractivity contribution >= 4 is 0 Å². The largest absolute Gasteiger partial charge is 0.508 e. The monoisotopic (exact) mass is 817 g/mol. The van der Waals surface area contributed by atoms with Crippen LogP contribution in [-0.2, 0) is 35.2 Å². The van der Waals surface area contributed by atoms with Gasteiger partial charge in [0.2, 0.25) is 0 Å². The fourth-order valence-corrected chi connectivity index (χ4v) is 7.15. The van der Waals surface area contributed by atoms with Gasteiger partial charge in [-0.15, -0.1) is 0 Å². The molecule has 0 fully saturated rings. The standard InChI is InChI=1S/2C25H44O4/c2*1-5-6-7-11-22-18-24(27)23(13-12-21(4)10-8-9-20(2)3)25(19-22)29-17-16-28-15-14-26/h2*18-21,26-27H,5-17H2,1-4H3/t2*21-/m10/s1. The van der Waals surface area contributed by atoms with E-state index in [1.165, 1.54) is 64.2 Å². The first-order valence-corrected chi connectivity index (χ1v) is 23.3.